The molecule has 0 aliphatic rings. The molecule has 1 atom stereocenters. The summed E-state index contributed by atoms with van der Waals surface area (Å²) in [4.78, 5) is 19.5. The number of methoxy groups -OCH3 is 1. The lowest BCUT2D eigenvalue weighted by atomic mass is 10.1. The molecule has 24 heavy (non-hydrogen) atoms. The van der Waals surface area contributed by atoms with Gasteiger partial charge in [-0.1, -0.05) is 23.7 Å². The van der Waals surface area contributed by atoms with Gasteiger partial charge >= 0.3 is 0 Å². The number of nitrogens with zero attached hydrogens (tertiary/aromatic N) is 1. The number of benzene rings is 1. The number of aromatic amines is 1. The minimum absolute atomic E-state index is 0.249. The molecule has 0 aliphatic heterocycles. The molecule has 0 radical (unpaired) electrons. The highest BCUT2D eigenvalue weighted by Gasteiger charge is 2.16. The Balaban J connectivity index is 1.82. The third-order valence-electron chi connectivity index (χ3n) is 3.75. The lowest BCUT2D eigenvalue weighted by Crippen LogP contribution is -2.33. The maximum absolute atomic E-state index is 12.5. The number of ether oxygens (including phenoxy) is 1. The molecule has 6 nitrogen and oxygen atoms in total. The predicted molar refractivity (Wildman–Crippen MR) is 93.4 cm³/mol. The van der Waals surface area contributed by atoms with Gasteiger partial charge in [0.05, 0.1) is 24.9 Å². The van der Waals surface area contributed by atoms with Gasteiger partial charge in [-0.2, -0.15) is 0 Å². The van der Waals surface area contributed by atoms with Crippen molar-refractivity contribution in [3.8, 4) is 5.75 Å². The zero-order chi connectivity index (χ0) is 17.1. The highest BCUT2D eigenvalue weighted by Crippen LogP contribution is 2.21. The van der Waals surface area contributed by atoms with E-state index in [2.05, 4.69) is 15.3 Å². The molecule has 0 bridgehead atoms. The van der Waals surface area contributed by atoms with E-state index in [-0.39, 0.29) is 18.5 Å². The summed E-state index contributed by atoms with van der Waals surface area (Å²) in [5.41, 5.74) is 7.88. The first-order valence-corrected chi connectivity index (χ1v) is 7.77. The average molecular weight is 345 g/mol. The van der Waals surface area contributed by atoms with E-state index in [0.717, 1.165) is 16.5 Å². The lowest BCUT2D eigenvalue weighted by molar-refractivity contribution is 0.0933. The van der Waals surface area contributed by atoms with Gasteiger partial charge in [-0.3, -0.25) is 4.79 Å². The minimum atomic E-state index is -0.319. The maximum Gasteiger partial charge on any atom is 0.268 e. The van der Waals surface area contributed by atoms with Crippen molar-refractivity contribution in [3.05, 3.63) is 59.0 Å². The SMILES string of the molecule is COc1cccc(C(CN)NC(=O)c2cc3cc(Cl)ncc3[nH]2)c1. The first kappa shape index (κ1) is 16.3. The molecule has 1 unspecified atom stereocenters. The molecule has 124 valence electrons. The quantitative estimate of drug-likeness (QED) is 0.620. The summed E-state index contributed by atoms with van der Waals surface area (Å²) in [5, 5.41) is 4.13. The third-order valence-corrected chi connectivity index (χ3v) is 3.96. The van der Waals surface area contributed by atoms with Crippen LogP contribution in [-0.2, 0) is 0 Å². The number of hydrogen-bond acceptors (Lipinski definition) is 4. The number of fused-ring (bicyclic) bond motifs is 1. The summed E-state index contributed by atoms with van der Waals surface area (Å²) in [6.07, 6.45) is 1.59. The second-order valence-electron chi connectivity index (χ2n) is 5.32. The Kier molecular flexibility index (Phi) is 4.69. The fourth-order valence-corrected chi connectivity index (χ4v) is 2.67. The van der Waals surface area contributed by atoms with Crippen molar-refractivity contribution in [2.75, 3.05) is 13.7 Å². The fraction of sp³-hybridized carbons (Fsp3) is 0.176. The molecule has 0 spiro atoms. The van der Waals surface area contributed by atoms with Crippen LogP contribution >= 0.6 is 11.6 Å². The average Bonchev–Trinajstić information content (AvgIpc) is 3.02. The van der Waals surface area contributed by atoms with Crippen molar-refractivity contribution in [2.24, 2.45) is 5.73 Å². The first-order valence-electron chi connectivity index (χ1n) is 7.40. The van der Waals surface area contributed by atoms with Gasteiger partial charge in [0.1, 0.15) is 16.6 Å². The van der Waals surface area contributed by atoms with Crippen LogP contribution in [0.4, 0.5) is 0 Å². The van der Waals surface area contributed by atoms with Crippen molar-refractivity contribution >= 4 is 28.4 Å². The zero-order valence-corrected chi connectivity index (χ0v) is 13.8. The van der Waals surface area contributed by atoms with Gasteiger partial charge < -0.3 is 20.8 Å². The molecular formula is C17H17ClN4O2. The van der Waals surface area contributed by atoms with E-state index in [4.69, 9.17) is 22.1 Å². The second kappa shape index (κ2) is 6.90. The van der Waals surface area contributed by atoms with E-state index >= 15 is 0 Å². The normalized spacial score (nSPS) is 12.1. The van der Waals surface area contributed by atoms with Crippen LogP contribution in [0.15, 0.2) is 42.6 Å². The van der Waals surface area contributed by atoms with Crippen LogP contribution in [0.1, 0.15) is 22.1 Å². The summed E-state index contributed by atoms with van der Waals surface area (Å²) < 4.78 is 5.21. The number of nitrogens with two attached hydrogens (primary N) is 1. The molecular weight excluding hydrogens is 328 g/mol. The number of pyridine rings is 1. The number of carbonyl (C=O) groups is 1. The smallest absolute Gasteiger partial charge is 0.268 e. The van der Waals surface area contributed by atoms with Crippen LogP contribution < -0.4 is 15.8 Å². The molecule has 0 fully saturated rings. The number of hydrogen-bond donors (Lipinski definition) is 3. The molecule has 4 N–H and O–H groups in total. The molecule has 3 rings (SSSR count). The van der Waals surface area contributed by atoms with E-state index in [0.29, 0.717) is 16.6 Å². The van der Waals surface area contributed by atoms with Crippen LogP contribution in [0.25, 0.3) is 10.9 Å². The van der Waals surface area contributed by atoms with Crippen LogP contribution in [0.5, 0.6) is 5.75 Å². The summed E-state index contributed by atoms with van der Waals surface area (Å²) in [7, 11) is 1.60. The zero-order valence-electron chi connectivity index (χ0n) is 13.0. The largest absolute Gasteiger partial charge is 0.497 e. The van der Waals surface area contributed by atoms with E-state index in [1.165, 1.54) is 0 Å². The Morgan fingerprint density at radius 1 is 1.42 bits per heavy atom. The Morgan fingerprint density at radius 2 is 2.25 bits per heavy atom. The molecule has 7 heteroatoms. The van der Waals surface area contributed by atoms with Crippen LogP contribution in [-0.4, -0.2) is 29.5 Å². The van der Waals surface area contributed by atoms with Gasteiger partial charge in [-0.25, -0.2) is 4.98 Å². The van der Waals surface area contributed by atoms with Crippen molar-refractivity contribution in [3.63, 3.8) is 0 Å². The fourth-order valence-electron chi connectivity index (χ4n) is 2.50. The van der Waals surface area contributed by atoms with Crippen molar-refractivity contribution in [1.29, 1.82) is 0 Å². The second-order valence-corrected chi connectivity index (χ2v) is 5.70. The molecule has 0 aliphatic carbocycles. The number of H-pyrrole nitrogens is 1. The predicted octanol–water partition coefficient (Wildman–Crippen LogP) is 2.65. The number of halogens is 1. The maximum atomic E-state index is 12.5. The van der Waals surface area contributed by atoms with Crippen LogP contribution in [0.2, 0.25) is 5.15 Å². The summed E-state index contributed by atoms with van der Waals surface area (Å²) >= 11 is 5.87. The molecule has 3 aromatic rings. The van der Waals surface area contributed by atoms with Gasteiger partial charge in [0.25, 0.3) is 5.91 Å². The highest BCUT2D eigenvalue weighted by molar-refractivity contribution is 6.30. The first-order chi connectivity index (χ1) is 11.6. The third kappa shape index (κ3) is 3.34. The number of amides is 1. The van der Waals surface area contributed by atoms with Gasteiger partial charge in [0, 0.05) is 11.9 Å². The number of aromatic nitrogens is 2. The molecule has 0 saturated heterocycles. The van der Waals surface area contributed by atoms with E-state index in [1.807, 2.05) is 24.3 Å². The number of nitrogens with one attached hydrogen (secondary N) is 2. The monoisotopic (exact) mass is 344 g/mol. The van der Waals surface area contributed by atoms with Crippen molar-refractivity contribution < 1.29 is 9.53 Å². The highest BCUT2D eigenvalue weighted by atomic mass is 35.5. The van der Waals surface area contributed by atoms with Crippen LogP contribution in [0.3, 0.4) is 0 Å². The van der Waals surface area contributed by atoms with E-state index in [1.54, 1.807) is 25.4 Å². The van der Waals surface area contributed by atoms with Gasteiger partial charge in [-0.15, -0.1) is 0 Å². The Labute approximate surface area is 144 Å². The molecule has 1 aromatic carbocycles. The van der Waals surface area contributed by atoms with E-state index < -0.39 is 0 Å². The molecule has 1 amide bonds. The Morgan fingerprint density at radius 3 is 3.00 bits per heavy atom. The lowest BCUT2D eigenvalue weighted by Gasteiger charge is -2.17. The topological polar surface area (TPSA) is 93.0 Å². The number of rotatable bonds is 5. The van der Waals surface area contributed by atoms with Crippen molar-refractivity contribution in [1.82, 2.24) is 15.3 Å². The van der Waals surface area contributed by atoms with Gasteiger partial charge in [-0.05, 0) is 29.8 Å². The Bertz CT molecular complexity index is 878. The minimum Gasteiger partial charge on any atom is -0.497 e. The summed E-state index contributed by atoms with van der Waals surface area (Å²) in [6.45, 7) is 0.270. The standard InChI is InChI=1S/C17H17ClN4O2/c1-24-12-4-2-3-10(5-12)14(8-19)22-17(23)13-6-11-7-16(18)20-9-15(11)21-13/h2-7,9,14,21H,8,19H2,1H3,(H,22,23). The van der Waals surface area contributed by atoms with Gasteiger partial charge in [0.15, 0.2) is 0 Å². The Hall–Kier alpha value is -2.57. The van der Waals surface area contributed by atoms with Crippen molar-refractivity contribution in [2.45, 2.75) is 6.04 Å². The van der Waals surface area contributed by atoms with Gasteiger partial charge in [0.2, 0.25) is 0 Å². The van der Waals surface area contributed by atoms with E-state index in [9.17, 15) is 4.79 Å². The number of carbonyl (C=O) groups excluding carboxylic acids is 1. The molecule has 0 saturated carbocycles. The van der Waals surface area contributed by atoms with Crippen LogP contribution in [0, 0.1) is 0 Å². The summed E-state index contributed by atoms with van der Waals surface area (Å²) in [5.74, 6) is 0.465. The molecule has 2 aromatic heterocycles. The summed E-state index contributed by atoms with van der Waals surface area (Å²) in [6, 6.07) is 10.6. The molecule has 2 heterocycles.